The molecule has 4 fully saturated rings. The maximum Gasteiger partial charge on any atom is -0.0329 e. The van der Waals surface area contributed by atoms with Gasteiger partial charge < -0.3 is 0 Å². The van der Waals surface area contributed by atoms with Gasteiger partial charge in [0.15, 0.2) is 0 Å². The largest absolute Gasteiger partial charge is 0.0651 e. The van der Waals surface area contributed by atoms with Crippen LogP contribution in [0.3, 0.4) is 0 Å². The molecule has 162 valence electrons. The van der Waals surface area contributed by atoms with Gasteiger partial charge in [0.2, 0.25) is 0 Å². The molecule has 0 nitrogen and oxygen atoms in total. The molecular weight excluding hydrogens is 336 g/mol. The van der Waals surface area contributed by atoms with Gasteiger partial charge in [0.05, 0.1) is 0 Å². The van der Waals surface area contributed by atoms with Gasteiger partial charge >= 0.3 is 0 Å². The fourth-order valence-corrected chi connectivity index (χ4v) is 8.90. The van der Waals surface area contributed by atoms with E-state index in [9.17, 15) is 0 Å². The molecule has 14 unspecified atom stereocenters. The monoisotopic (exact) mass is 386 g/mol. The first-order chi connectivity index (χ1) is 13.2. The molecule has 0 heteroatoms. The number of rotatable bonds is 10. The summed E-state index contributed by atoms with van der Waals surface area (Å²) in [5, 5.41) is 0. The first-order valence-electron chi connectivity index (χ1n) is 13.2. The lowest BCUT2D eigenvalue weighted by atomic mass is 9.90. The van der Waals surface area contributed by atoms with Gasteiger partial charge in [-0.1, -0.05) is 68.7 Å². The Morgan fingerprint density at radius 3 is 1.11 bits per heavy atom. The Morgan fingerprint density at radius 2 is 0.786 bits per heavy atom. The standard InChI is InChI=1S/C28H50/c1-10-22-19(7)26(22)15(3)12-24-21(9)28(24)16(4)13-25-20(8)27(25)14(2)11-23-17(5)18(23)6/h14-28H,10-13H2,1-9H3. The fraction of sp³-hybridized carbons (Fsp3) is 1.00. The highest BCUT2D eigenvalue weighted by molar-refractivity contribution is 5.05. The molecule has 4 saturated carbocycles. The lowest BCUT2D eigenvalue weighted by molar-refractivity contribution is 0.339. The van der Waals surface area contributed by atoms with Gasteiger partial charge in [-0.3, -0.25) is 0 Å². The highest BCUT2D eigenvalue weighted by Crippen LogP contribution is 2.63. The van der Waals surface area contributed by atoms with Crippen LogP contribution in [0.1, 0.15) is 88.0 Å². The molecule has 0 aromatic rings. The number of hydrogen-bond acceptors (Lipinski definition) is 0. The molecule has 14 atom stereocenters. The van der Waals surface area contributed by atoms with E-state index in [1.807, 2.05) is 0 Å². The van der Waals surface area contributed by atoms with Crippen molar-refractivity contribution < 1.29 is 0 Å². The molecular formula is C28H50. The molecule has 4 aliphatic carbocycles. The molecule has 0 aliphatic heterocycles. The molecule has 0 heterocycles. The van der Waals surface area contributed by atoms with Gasteiger partial charge in [-0.25, -0.2) is 0 Å². The average molecular weight is 387 g/mol. The average Bonchev–Trinajstić information content (AvgIpc) is 3.60. The van der Waals surface area contributed by atoms with Crippen LogP contribution in [0.4, 0.5) is 0 Å². The zero-order chi connectivity index (χ0) is 20.5. The summed E-state index contributed by atoms with van der Waals surface area (Å²) < 4.78 is 0. The maximum absolute atomic E-state index is 2.61. The van der Waals surface area contributed by atoms with Crippen molar-refractivity contribution in [3.63, 3.8) is 0 Å². The SMILES string of the molecule is CCC1C(C)C1C(C)CC1C(C)C1C(C)CC1C(C)C1C(C)CC1C(C)C1C. The fourth-order valence-electron chi connectivity index (χ4n) is 8.90. The van der Waals surface area contributed by atoms with E-state index in [1.165, 1.54) is 25.7 Å². The molecule has 4 rings (SSSR count). The quantitative estimate of drug-likeness (QED) is 0.356. The smallest absolute Gasteiger partial charge is 0.0329 e. The minimum Gasteiger partial charge on any atom is -0.0651 e. The summed E-state index contributed by atoms with van der Waals surface area (Å²) in [7, 11) is 0. The molecule has 0 aromatic carbocycles. The third-order valence-corrected chi connectivity index (χ3v) is 11.3. The van der Waals surface area contributed by atoms with E-state index in [0.717, 1.165) is 88.8 Å². The second-order valence-corrected chi connectivity index (χ2v) is 12.7. The molecule has 0 N–H and O–H groups in total. The molecule has 0 bridgehead atoms. The van der Waals surface area contributed by atoms with E-state index in [-0.39, 0.29) is 0 Å². The molecule has 28 heavy (non-hydrogen) atoms. The predicted octanol–water partition coefficient (Wildman–Crippen LogP) is 8.02. The Hall–Kier alpha value is 0. The third-order valence-electron chi connectivity index (χ3n) is 11.3. The Morgan fingerprint density at radius 1 is 0.464 bits per heavy atom. The van der Waals surface area contributed by atoms with Gasteiger partial charge in [0.1, 0.15) is 0 Å². The van der Waals surface area contributed by atoms with E-state index in [1.54, 1.807) is 0 Å². The van der Waals surface area contributed by atoms with Crippen LogP contribution >= 0.6 is 0 Å². The van der Waals surface area contributed by atoms with Gasteiger partial charge in [-0.15, -0.1) is 0 Å². The lowest BCUT2D eigenvalue weighted by Crippen LogP contribution is -2.07. The molecule has 0 aromatic heterocycles. The number of hydrogen-bond donors (Lipinski definition) is 0. The summed E-state index contributed by atoms with van der Waals surface area (Å²) in [6.07, 6.45) is 5.98. The summed E-state index contributed by atoms with van der Waals surface area (Å²) in [5.41, 5.74) is 0. The van der Waals surface area contributed by atoms with Crippen molar-refractivity contribution in [2.75, 3.05) is 0 Å². The normalized spacial score (nSPS) is 54.8. The van der Waals surface area contributed by atoms with Crippen LogP contribution in [0.25, 0.3) is 0 Å². The maximum atomic E-state index is 2.61. The summed E-state index contributed by atoms with van der Waals surface area (Å²) in [4.78, 5) is 0. The Balaban J connectivity index is 1.22. The van der Waals surface area contributed by atoms with Crippen molar-refractivity contribution in [3.8, 4) is 0 Å². The van der Waals surface area contributed by atoms with Crippen LogP contribution < -0.4 is 0 Å². The van der Waals surface area contributed by atoms with Crippen LogP contribution in [-0.4, -0.2) is 0 Å². The van der Waals surface area contributed by atoms with E-state index in [2.05, 4.69) is 62.3 Å². The minimum absolute atomic E-state index is 0.967. The minimum atomic E-state index is 0.967. The van der Waals surface area contributed by atoms with E-state index in [4.69, 9.17) is 0 Å². The van der Waals surface area contributed by atoms with Crippen molar-refractivity contribution in [1.29, 1.82) is 0 Å². The Bertz CT molecular complexity index is 542. The second kappa shape index (κ2) is 7.60. The molecule has 4 aliphatic rings. The first-order valence-corrected chi connectivity index (χ1v) is 13.2. The third kappa shape index (κ3) is 3.73. The highest BCUT2D eigenvalue weighted by atomic mass is 14.6. The second-order valence-electron chi connectivity index (χ2n) is 12.7. The molecule has 0 radical (unpaired) electrons. The van der Waals surface area contributed by atoms with Crippen LogP contribution in [0.5, 0.6) is 0 Å². The first kappa shape index (κ1) is 21.2. The van der Waals surface area contributed by atoms with Gasteiger partial charge in [-0.2, -0.15) is 0 Å². The van der Waals surface area contributed by atoms with E-state index in [0.29, 0.717) is 0 Å². The Kier molecular flexibility index (Phi) is 5.77. The zero-order valence-corrected chi connectivity index (χ0v) is 20.5. The van der Waals surface area contributed by atoms with Crippen molar-refractivity contribution in [3.05, 3.63) is 0 Å². The van der Waals surface area contributed by atoms with Crippen molar-refractivity contribution in [1.82, 2.24) is 0 Å². The zero-order valence-electron chi connectivity index (χ0n) is 20.5. The van der Waals surface area contributed by atoms with Crippen LogP contribution in [-0.2, 0) is 0 Å². The Labute approximate surface area is 177 Å². The van der Waals surface area contributed by atoms with Gasteiger partial charge in [-0.05, 0) is 108 Å². The molecule has 0 spiro atoms. The molecule has 0 amide bonds. The van der Waals surface area contributed by atoms with Crippen molar-refractivity contribution in [2.45, 2.75) is 88.0 Å². The van der Waals surface area contributed by atoms with Gasteiger partial charge in [0, 0.05) is 0 Å². The summed E-state index contributed by atoms with van der Waals surface area (Å²) in [5.74, 6) is 15.3. The van der Waals surface area contributed by atoms with Crippen LogP contribution in [0.15, 0.2) is 0 Å². The van der Waals surface area contributed by atoms with E-state index < -0.39 is 0 Å². The topological polar surface area (TPSA) is 0 Å². The van der Waals surface area contributed by atoms with Crippen LogP contribution in [0, 0.1) is 88.8 Å². The van der Waals surface area contributed by atoms with Gasteiger partial charge in [0.25, 0.3) is 0 Å². The molecule has 0 saturated heterocycles. The lowest BCUT2D eigenvalue weighted by Gasteiger charge is -2.15. The summed E-state index contributed by atoms with van der Waals surface area (Å²) in [6.45, 7) is 22.7. The van der Waals surface area contributed by atoms with Crippen molar-refractivity contribution in [2.24, 2.45) is 88.8 Å². The predicted molar refractivity (Wildman–Crippen MR) is 122 cm³/mol. The van der Waals surface area contributed by atoms with E-state index >= 15 is 0 Å². The van der Waals surface area contributed by atoms with Crippen LogP contribution in [0.2, 0.25) is 0 Å². The van der Waals surface area contributed by atoms with Crippen molar-refractivity contribution >= 4 is 0 Å². The highest BCUT2D eigenvalue weighted by Gasteiger charge is 2.57. The summed E-state index contributed by atoms with van der Waals surface area (Å²) in [6, 6.07) is 0. The summed E-state index contributed by atoms with van der Waals surface area (Å²) >= 11 is 0.